The SMILES string of the molecule is COP(=O)(O)OCCCCCCNC(=O)COCCOCCCC(=O)[C@H](CCC(=O)NCCCCO[C@@H]1O[C@H](CO)[C@H](O)[C@H](O)[C@H]1C)NC(O)[C@H](CCC(=O)NCCCCO[C@@H]1O[C@H](CO)[C@H](O)[C@H](O)[C@H]1NC(C)=O)CC(=O)[C@@H](C)CCC(=O)NCCCCO[C@@H]1O[C@H](CO)[C@H](O)[C@H](O)[C@H]1C. The minimum atomic E-state index is -4.02. The third-order valence-electron chi connectivity index (χ3n) is 17.8. The van der Waals surface area contributed by atoms with Crippen molar-refractivity contribution >= 4 is 48.9 Å². The average molecular weight is 1480 g/mol. The molecule has 3 rings (SSSR count). The summed E-state index contributed by atoms with van der Waals surface area (Å²) in [4.78, 5) is 101. The Morgan fingerprint density at radius 1 is 0.495 bits per heavy atom. The number of aliphatic hydroxyl groups excluding tert-OH is 10. The van der Waals surface area contributed by atoms with Crippen LogP contribution < -0.4 is 31.9 Å². The number of phosphoric ester groups is 1. The summed E-state index contributed by atoms with van der Waals surface area (Å²) in [5, 5.41) is 119. The van der Waals surface area contributed by atoms with Crippen molar-refractivity contribution in [3.8, 4) is 0 Å². The third kappa shape index (κ3) is 35.8. The van der Waals surface area contributed by atoms with Crippen LogP contribution in [0, 0.1) is 23.7 Å². The fourth-order valence-electron chi connectivity index (χ4n) is 11.3. The molecule has 3 saturated heterocycles. The molecule has 3 heterocycles. The summed E-state index contributed by atoms with van der Waals surface area (Å²) in [6.07, 6.45) is -10.8. The topological polar surface area (TPSA) is 524 Å². The number of phosphoric acid groups is 1. The van der Waals surface area contributed by atoms with E-state index in [-0.39, 0.29) is 148 Å². The lowest BCUT2D eigenvalue weighted by molar-refractivity contribution is -0.282. The number of rotatable bonds is 56. The van der Waals surface area contributed by atoms with Crippen molar-refractivity contribution in [2.45, 2.75) is 242 Å². The quantitative estimate of drug-likeness (QED) is 0.0170. The Balaban J connectivity index is 1.63. The van der Waals surface area contributed by atoms with E-state index in [4.69, 9.17) is 42.4 Å². The molecule has 35 nitrogen and oxygen atoms in total. The molecule has 0 aromatic rings. The molecule has 5 amide bonds. The van der Waals surface area contributed by atoms with Crippen molar-refractivity contribution in [3.05, 3.63) is 0 Å². The Hall–Kier alpha value is -3.96. The smallest absolute Gasteiger partial charge is 0.394 e. The van der Waals surface area contributed by atoms with E-state index in [2.05, 4.69) is 36.4 Å². The van der Waals surface area contributed by atoms with Crippen molar-refractivity contribution in [1.29, 1.82) is 0 Å². The van der Waals surface area contributed by atoms with Gasteiger partial charge in [0.15, 0.2) is 18.9 Å². The van der Waals surface area contributed by atoms with Gasteiger partial charge in [-0.2, -0.15) is 0 Å². The summed E-state index contributed by atoms with van der Waals surface area (Å²) in [6.45, 7) is 6.06. The van der Waals surface area contributed by atoms with Crippen LogP contribution in [0.4, 0.5) is 0 Å². The fraction of sp³-hybridized carbons (Fsp3) is 0.892. The summed E-state index contributed by atoms with van der Waals surface area (Å²) in [6, 6.07) is -2.28. The van der Waals surface area contributed by atoms with E-state index in [1.807, 2.05) is 0 Å². The molecule has 0 spiro atoms. The molecule has 588 valence electrons. The molecule has 20 atom stereocenters. The Morgan fingerprint density at radius 2 is 0.931 bits per heavy atom. The van der Waals surface area contributed by atoms with Crippen molar-refractivity contribution in [2.75, 3.05) is 106 Å². The number of ketones is 2. The maximum absolute atomic E-state index is 14.1. The molecular weight excluding hydrogens is 1360 g/mol. The Morgan fingerprint density at radius 3 is 1.44 bits per heavy atom. The standard InChI is InChI=1S/C65H119N6O29P/c1-40(18-21-51(78)66-25-9-13-29-94-63-41(2)56(82)58(84)48(36-72)98-63)47(77)35-44(19-22-52(79)67-26-11-15-31-96-65-55(70-43(4)75)61(87)60(86)50(38-74)100-65)62(88)71-45(20-23-53(80)68-27-10-14-30-95-64-42(3)57(83)59(85)49(37-73)99-64)46(76)17-16-28-92-33-34-93-39-54(81)69-24-8-6-7-12-32-97-101(89,90)91-5/h40-42,44-45,48-50,55-65,71-74,82-88H,6-39H2,1-5H3,(H,66,78)(H,67,79)(H,68,80)(H,69,81)(H,70,75)(H,89,90)/t40-,41+,42+,44+,45-,48+,49+,50+,55+,56+,57+,58-,59-,60-,61+,62?,63+,64+,65+/m0/s1. The summed E-state index contributed by atoms with van der Waals surface area (Å²) in [5.74, 6) is -5.58. The lowest BCUT2D eigenvalue weighted by atomic mass is 9.88. The van der Waals surface area contributed by atoms with E-state index in [0.717, 1.165) is 13.5 Å². The lowest BCUT2D eigenvalue weighted by Gasteiger charge is -2.42. The van der Waals surface area contributed by atoms with Gasteiger partial charge in [-0.3, -0.25) is 47.9 Å². The van der Waals surface area contributed by atoms with Crippen molar-refractivity contribution < 1.29 is 141 Å². The Bertz CT molecular complexity index is 2410. The van der Waals surface area contributed by atoms with Crippen LogP contribution in [0.3, 0.4) is 0 Å². The highest BCUT2D eigenvalue weighted by Crippen LogP contribution is 2.42. The number of carbonyl (C=O) groups is 7. The van der Waals surface area contributed by atoms with Gasteiger partial charge in [0, 0.05) is 122 Å². The molecular formula is C65H119N6O29P. The van der Waals surface area contributed by atoms with Crippen LogP contribution in [0.25, 0.3) is 0 Å². The normalized spacial score (nSPS) is 27.1. The number of Topliss-reactive ketones (excluding diaryl/α,β-unsaturated/α-hetero) is 2. The first-order chi connectivity index (χ1) is 48.2. The summed E-state index contributed by atoms with van der Waals surface area (Å²) in [5.41, 5.74) is 0. The van der Waals surface area contributed by atoms with Crippen molar-refractivity contribution in [3.63, 3.8) is 0 Å². The van der Waals surface area contributed by atoms with E-state index >= 15 is 0 Å². The number of nitrogens with one attached hydrogen (secondary N) is 6. The van der Waals surface area contributed by atoms with Crippen molar-refractivity contribution in [1.82, 2.24) is 31.9 Å². The Labute approximate surface area is 591 Å². The molecule has 2 unspecified atom stereocenters. The zero-order valence-corrected chi connectivity index (χ0v) is 60.1. The third-order valence-corrected chi connectivity index (χ3v) is 18.7. The second-order valence-corrected chi connectivity index (χ2v) is 27.5. The second-order valence-electron chi connectivity index (χ2n) is 25.9. The highest BCUT2D eigenvalue weighted by atomic mass is 31.2. The number of aliphatic hydroxyl groups is 10. The molecule has 0 aromatic heterocycles. The lowest BCUT2D eigenvalue weighted by Crippen LogP contribution is -2.64. The molecule has 0 aliphatic carbocycles. The number of hydrogen-bond donors (Lipinski definition) is 17. The summed E-state index contributed by atoms with van der Waals surface area (Å²) >= 11 is 0. The molecule has 3 aliphatic heterocycles. The molecule has 0 saturated carbocycles. The van der Waals surface area contributed by atoms with Crippen molar-refractivity contribution in [2.24, 2.45) is 23.7 Å². The minimum absolute atomic E-state index is 0.0227. The maximum Gasteiger partial charge on any atom is 0.471 e. The first-order valence-corrected chi connectivity index (χ1v) is 36.9. The summed E-state index contributed by atoms with van der Waals surface area (Å²) in [7, 11) is -2.94. The molecule has 3 aliphatic rings. The average Bonchev–Trinajstić information content (AvgIpc) is 0.827. The van der Waals surface area contributed by atoms with E-state index in [1.165, 1.54) is 6.92 Å². The van der Waals surface area contributed by atoms with Gasteiger partial charge in [-0.1, -0.05) is 33.6 Å². The van der Waals surface area contributed by atoms with Crippen LogP contribution in [-0.2, 0) is 85.1 Å². The van der Waals surface area contributed by atoms with Gasteiger partial charge < -0.3 is 120 Å². The van der Waals surface area contributed by atoms with E-state index in [9.17, 15) is 94.1 Å². The van der Waals surface area contributed by atoms with Gasteiger partial charge in [-0.15, -0.1) is 0 Å². The van der Waals surface area contributed by atoms with Crippen LogP contribution in [0.15, 0.2) is 0 Å². The van der Waals surface area contributed by atoms with Crippen LogP contribution in [0.1, 0.15) is 150 Å². The van der Waals surface area contributed by atoms with Gasteiger partial charge in [0.2, 0.25) is 29.5 Å². The molecule has 0 radical (unpaired) electrons. The predicted octanol–water partition coefficient (Wildman–Crippen LogP) is -2.53. The highest BCUT2D eigenvalue weighted by Gasteiger charge is 2.46. The molecule has 101 heavy (non-hydrogen) atoms. The number of hydrogen-bond acceptors (Lipinski definition) is 29. The highest BCUT2D eigenvalue weighted by molar-refractivity contribution is 7.47. The first kappa shape index (κ1) is 91.3. The number of ether oxygens (including phenoxy) is 8. The fourth-order valence-corrected chi connectivity index (χ4v) is 11.7. The zero-order chi connectivity index (χ0) is 74.9. The Kier molecular flexibility index (Phi) is 46.3. The summed E-state index contributed by atoms with van der Waals surface area (Å²) < 4.78 is 65.8. The number of amides is 5. The van der Waals surface area contributed by atoms with Crippen LogP contribution >= 0.6 is 7.82 Å². The monoisotopic (exact) mass is 1480 g/mol. The molecule has 0 bridgehead atoms. The molecule has 36 heteroatoms. The van der Waals surface area contributed by atoms with Crippen LogP contribution in [0.2, 0.25) is 0 Å². The molecule has 0 aromatic carbocycles. The van der Waals surface area contributed by atoms with Gasteiger partial charge in [0.05, 0.1) is 57.9 Å². The minimum Gasteiger partial charge on any atom is -0.394 e. The second kappa shape index (κ2) is 51.3. The van der Waals surface area contributed by atoms with E-state index in [0.29, 0.717) is 64.3 Å². The van der Waals surface area contributed by atoms with Gasteiger partial charge in [-0.05, 0) is 77.0 Å². The largest absolute Gasteiger partial charge is 0.471 e. The van der Waals surface area contributed by atoms with E-state index < -0.39 is 167 Å². The van der Waals surface area contributed by atoms with E-state index in [1.54, 1.807) is 20.8 Å². The number of unbranched alkanes of at least 4 members (excludes halogenated alkanes) is 6. The maximum atomic E-state index is 14.1. The molecule has 3 fully saturated rings. The van der Waals surface area contributed by atoms with Crippen LogP contribution in [0.5, 0.6) is 0 Å². The molecule has 17 N–H and O–H groups in total. The first-order valence-electron chi connectivity index (χ1n) is 35.4. The van der Waals surface area contributed by atoms with Gasteiger partial charge in [-0.25, -0.2) is 4.57 Å². The van der Waals surface area contributed by atoms with Gasteiger partial charge in [0.25, 0.3) is 0 Å². The van der Waals surface area contributed by atoms with Gasteiger partial charge in [0.1, 0.15) is 73.2 Å². The number of carbonyl (C=O) groups excluding carboxylic acids is 7. The zero-order valence-electron chi connectivity index (χ0n) is 59.2. The van der Waals surface area contributed by atoms with Gasteiger partial charge >= 0.3 is 7.82 Å². The van der Waals surface area contributed by atoms with Crippen LogP contribution in [-0.4, -0.2) is 295 Å². The predicted molar refractivity (Wildman–Crippen MR) is 357 cm³/mol.